The van der Waals surface area contributed by atoms with Gasteiger partial charge in [0.05, 0.1) is 9.40 Å². The first-order chi connectivity index (χ1) is 8.08. The highest BCUT2D eigenvalue weighted by Crippen LogP contribution is 2.20. The number of nitrogens with one attached hydrogen (secondary N) is 1. The Bertz CT molecular complexity index is 624. The van der Waals surface area contributed by atoms with E-state index in [4.69, 9.17) is 12.2 Å². The third-order valence-corrected chi connectivity index (χ3v) is 3.29. The number of aromatic nitrogens is 2. The minimum absolute atomic E-state index is 0.0458. The molecule has 1 N–H and O–H groups in total. The predicted octanol–water partition coefficient (Wildman–Crippen LogP) is 3.48. The van der Waals surface area contributed by atoms with Crippen LogP contribution in [0.1, 0.15) is 0 Å². The van der Waals surface area contributed by atoms with Gasteiger partial charge in [0.2, 0.25) is 0 Å². The molecule has 0 amide bonds. The molecule has 1 heterocycles. The lowest BCUT2D eigenvalue weighted by molar-refractivity contribution is -0.384. The van der Waals surface area contributed by atoms with Crippen LogP contribution in [0.3, 0.4) is 0 Å². The van der Waals surface area contributed by atoms with Gasteiger partial charge in [-0.3, -0.25) is 10.1 Å². The summed E-state index contributed by atoms with van der Waals surface area (Å²) in [6.45, 7) is 0. The van der Waals surface area contributed by atoms with E-state index >= 15 is 0 Å². The summed E-state index contributed by atoms with van der Waals surface area (Å²) >= 11 is 8.30. The highest BCUT2D eigenvalue weighted by atomic mass is 79.9. The Morgan fingerprint density at radius 3 is 2.53 bits per heavy atom. The number of nitro groups is 1. The molecule has 2 rings (SSSR count). The Kier molecular flexibility index (Phi) is 3.30. The van der Waals surface area contributed by atoms with Crippen LogP contribution < -0.4 is 0 Å². The molecule has 0 bridgehead atoms. The monoisotopic (exact) mass is 311 g/mol. The van der Waals surface area contributed by atoms with Crippen molar-refractivity contribution >= 4 is 33.8 Å². The minimum atomic E-state index is -0.443. The van der Waals surface area contributed by atoms with E-state index in [9.17, 15) is 10.1 Å². The van der Waals surface area contributed by atoms with Crippen molar-refractivity contribution in [1.82, 2.24) is 9.97 Å². The zero-order chi connectivity index (χ0) is 12.4. The second-order valence-corrected chi connectivity index (χ2v) is 4.48. The summed E-state index contributed by atoms with van der Waals surface area (Å²) in [5.41, 5.74) is 0.790. The van der Waals surface area contributed by atoms with Gasteiger partial charge in [0.15, 0.2) is 0 Å². The molecule has 0 aliphatic rings. The van der Waals surface area contributed by atoms with E-state index in [1.54, 1.807) is 18.3 Å². The molecule has 0 atom stereocenters. The van der Waals surface area contributed by atoms with Gasteiger partial charge in [0, 0.05) is 23.9 Å². The fourth-order valence-electron chi connectivity index (χ4n) is 1.27. The minimum Gasteiger partial charge on any atom is -0.330 e. The molecule has 17 heavy (non-hydrogen) atoms. The maximum atomic E-state index is 10.5. The van der Waals surface area contributed by atoms with Crippen LogP contribution in [0.15, 0.2) is 34.9 Å². The molecule has 0 aliphatic heterocycles. The molecule has 2 aromatic rings. The Hall–Kier alpha value is -1.60. The van der Waals surface area contributed by atoms with Gasteiger partial charge in [-0.05, 0) is 28.1 Å². The second kappa shape index (κ2) is 4.72. The summed E-state index contributed by atoms with van der Waals surface area (Å²) in [7, 11) is 0. The van der Waals surface area contributed by atoms with Crippen LogP contribution in [0.2, 0.25) is 0 Å². The van der Waals surface area contributed by atoms with Crippen molar-refractivity contribution in [1.29, 1.82) is 0 Å². The van der Waals surface area contributed by atoms with Gasteiger partial charge < -0.3 is 4.98 Å². The average molecular weight is 312 g/mol. The summed E-state index contributed by atoms with van der Waals surface area (Å²) in [6, 6.07) is 6.10. The van der Waals surface area contributed by atoms with Crippen LogP contribution in [0.5, 0.6) is 0 Å². The topological polar surface area (TPSA) is 71.8 Å². The molecule has 0 aliphatic carbocycles. The molecular formula is C10H6BrN3O2S. The second-order valence-electron chi connectivity index (χ2n) is 3.21. The number of nitrogens with zero attached hydrogens (tertiary/aromatic N) is 2. The number of non-ortho nitro benzene ring substituents is 1. The van der Waals surface area contributed by atoms with Crippen LogP contribution in [0, 0.1) is 14.8 Å². The Morgan fingerprint density at radius 1 is 1.35 bits per heavy atom. The molecule has 5 nitrogen and oxygen atoms in total. The normalized spacial score (nSPS) is 10.2. The van der Waals surface area contributed by atoms with E-state index in [2.05, 4.69) is 25.9 Å². The molecule has 0 unspecified atom stereocenters. The number of benzene rings is 1. The van der Waals surface area contributed by atoms with Crippen molar-refractivity contribution in [3.63, 3.8) is 0 Å². The van der Waals surface area contributed by atoms with E-state index < -0.39 is 4.92 Å². The standard InChI is InChI=1S/C10H6BrN3O2S/c11-8-5-12-9(13-10(8)17)6-1-3-7(4-2-6)14(15)16/h1-5H,(H,12,13,17). The Balaban J connectivity index is 2.43. The van der Waals surface area contributed by atoms with E-state index in [1.807, 2.05) is 0 Å². The summed E-state index contributed by atoms with van der Waals surface area (Å²) < 4.78 is 1.24. The number of hydrogen-bond acceptors (Lipinski definition) is 4. The molecule has 86 valence electrons. The van der Waals surface area contributed by atoms with Crippen molar-refractivity contribution in [2.45, 2.75) is 0 Å². The smallest absolute Gasteiger partial charge is 0.269 e. The largest absolute Gasteiger partial charge is 0.330 e. The first-order valence-corrected chi connectivity index (χ1v) is 5.77. The van der Waals surface area contributed by atoms with Crippen molar-refractivity contribution in [3.8, 4) is 11.4 Å². The quantitative estimate of drug-likeness (QED) is 0.523. The maximum absolute atomic E-state index is 10.5. The zero-order valence-corrected chi connectivity index (χ0v) is 10.8. The van der Waals surface area contributed by atoms with Gasteiger partial charge >= 0.3 is 0 Å². The molecular weight excluding hydrogens is 306 g/mol. The highest BCUT2D eigenvalue weighted by molar-refractivity contribution is 9.10. The molecule has 7 heteroatoms. The molecule has 0 spiro atoms. The molecule has 0 saturated heterocycles. The first kappa shape index (κ1) is 11.9. The summed E-state index contributed by atoms with van der Waals surface area (Å²) in [5, 5.41) is 10.5. The number of hydrogen-bond donors (Lipinski definition) is 1. The van der Waals surface area contributed by atoms with Crippen molar-refractivity contribution < 1.29 is 4.92 Å². The fourth-order valence-corrected chi connectivity index (χ4v) is 1.62. The van der Waals surface area contributed by atoms with Crippen molar-refractivity contribution in [2.24, 2.45) is 0 Å². The number of aromatic amines is 1. The first-order valence-electron chi connectivity index (χ1n) is 4.57. The average Bonchev–Trinajstić information content (AvgIpc) is 2.33. The molecule has 0 radical (unpaired) electrons. The van der Waals surface area contributed by atoms with Gasteiger partial charge in [-0.15, -0.1) is 0 Å². The van der Waals surface area contributed by atoms with Crippen LogP contribution in [0.25, 0.3) is 11.4 Å². The van der Waals surface area contributed by atoms with E-state index in [0.29, 0.717) is 14.9 Å². The lowest BCUT2D eigenvalue weighted by atomic mass is 10.2. The summed E-state index contributed by atoms with van der Waals surface area (Å²) in [6.07, 6.45) is 1.59. The van der Waals surface area contributed by atoms with Gasteiger partial charge in [0.25, 0.3) is 5.69 Å². The highest BCUT2D eigenvalue weighted by Gasteiger charge is 2.06. The van der Waals surface area contributed by atoms with Gasteiger partial charge in [-0.25, -0.2) is 4.98 Å². The molecule has 1 aromatic carbocycles. The lowest BCUT2D eigenvalue weighted by Gasteiger charge is -2.01. The number of H-pyrrole nitrogens is 1. The third kappa shape index (κ3) is 2.56. The number of halogens is 1. The van der Waals surface area contributed by atoms with Gasteiger partial charge in [0.1, 0.15) is 10.5 Å². The Labute approximate surface area is 110 Å². The van der Waals surface area contributed by atoms with Crippen LogP contribution in [0.4, 0.5) is 5.69 Å². The maximum Gasteiger partial charge on any atom is 0.269 e. The van der Waals surface area contributed by atoms with E-state index in [1.165, 1.54) is 12.1 Å². The van der Waals surface area contributed by atoms with Crippen molar-refractivity contribution in [3.05, 3.63) is 49.7 Å². The number of nitro benzene ring substituents is 1. The van der Waals surface area contributed by atoms with Crippen LogP contribution in [-0.2, 0) is 0 Å². The molecule has 0 saturated carbocycles. The Morgan fingerprint density at radius 2 is 2.00 bits per heavy atom. The fraction of sp³-hybridized carbons (Fsp3) is 0. The van der Waals surface area contributed by atoms with Gasteiger partial charge in [-0.2, -0.15) is 0 Å². The third-order valence-electron chi connectivity index (χ3n) is 2.11. The van der Waals surface area contributed by atoms with E-state index in [0.717, 1.165) is 5.56 Å². The SMILES string of the molecule is O=[N+]([O-])c1ccc(-c2ncc(Br)c(=S)[nH]2)cc1. The summed E-state index contributed by atoms with van der Waals surface area (Å²) in [4.78, 5) is 17.1. The van der Waals surface area contributed by atoms with Gasteiger partial charge in [-0.1, -0.05) is 12.2 Å². The zero-order valence-electron chi connectivity index (χ0n) is 8.38. The lowest BCUT2D eigenvalue weighted by Crippen LogP contribution is -1.91. The molecule has 1 aromatic heterocycles. The number of rotatable bonds is 2. The molecule has 0 fully saturated rings. The van der Waals surface area contributed by atoms with Crippen LogP contribution in [-0.4, -0.2) is 14.9 Å². The van der Waals surface area contributed by atoms with Crippen molar-refractivity contribution in [2.75, 3.05) is 0 Å². The summed E-state index contributed by atoms with van der Waals surface area (Å²) in [5.74, 6) is 0.577. The van der Waals surface area contributed by atoms with Crippen LogP contribution >= 0.6 is 28.1 Å². The predicted molar refractivity (Wildman–Crippen MR) is 69.2 cm³/mol. The van der Waals surface area contributed by atoms with E-state index in [-0.39, 0.29) is 5.69 Å².